The normalized spacial score (nSPS) is 48.7. The van der Waals surface area contributed by atoms with E-state index in [2.05, 4.69) is 6.07 Å². The van der Waals surface area contributed by atoms with Crippen LogP contribution in [0.25, 0.3) is 0 Å². The summed E-state index contributed by atoms with van der Waals surface area (Å²) in [5.41, 5.74) is 0. The fourth-order valence-corrected chi connectivity index (χ4v) is 2.62. The number of aliphatic hydroxyl groups is 1. The van der Waals surface area contributed by atoms with Gasteiger partial charge < -0.3 is 5.11 Å². The average Bonchev–Trinajstić information content (AvgIpc) is 2.04. The number of nitriles is 1. The molecule has 0 amide bonds. The smallest absolute Gasteiger partial charge is 0.0659 e. The van der Waals surface area contributed by atoms with Gasteiger partial charge in [-0.3, -0.25) is 0 Å². The molecule has 3 fully saturated rings. The van der Waals surface area contributed by atoms with Crippen molar-refractivity contribution >= 4 is 0 Å². The highest BCUT2D eigenvalue weighted by Gasteiger charge is 2.41. The molecule has 2 heteroatoms. The lowest BCUT2D eigenvalue weighted by atomic mass is 9.64. The zero-order valence-electron chi connectivity index (χ0n) is 6.53. The Morgan fingerprint density at radius 1 is 1.27 bits per heavy atom. The Labute approximate surface area is 66.8 Å². The molecule has 3 rings (SSSR count). The van der Waals surface area contributed by atoms with Crippen molar-refractivity contribution in [2.45, 2.75) is 31.8 Å². The molecular weight excluding hydrogens is 138 g/mol. The molecule has 0 heterocycles. The van der Waals surface area contributed by atoms with Crippen LogP contribution in [0.2, 0.25) is 0 Å². The third kappa shape index (κ3) is 1.04. The van der Waals surface area contributed by atoms with Crippen molar-refractivity contribution in [3.05, 3.63) is 0 Å². The summed E-state index contributed by atoms with van der Waals surface area (Å²) in [7, 11) is 0. The molecule has 60 valence electrons. The molecule has 3 aliphatic rings. The SMILES string of the molecule is N#CC1CC2CCC1C(O)C2. The number of aliphatic hydroxyl groups excluding tert-OH is 1. The summed E-state index contributed by atoms with van der Waals surface area (Å²) in [6, 6.07) is 2.31. The van der Waals surface area contributed by atoms with Crippen LogP contribution in [0.5, 0.6) is 0 Å². The minimum absolute atomic E-state index is 0.150. The van der Waals surface area contributed by atoms with E-state index in [1.165, 1.54) is 6.42 Å². The molecule has 2 bridgehead atoms. The number of nitrogens with zero attached hydrogens (tertiary/aromatic N) is 1. The van der Waals surface area contributed by atoms with Gasteiger partial charge in [-0.1, -0.05) is 0 Å². The zero-order chi connectivity index (χ0) is 7.84. The standard InChI is InChI=1S/C9H13NO/c10-5-7-3-6-1-2-8(7)9(11)4-6/h6-9,11H,1-4H2. The van der Waals surface area contributed by atoms with Gasteiger partial charge in [0.2, 0.25) is 0 Å². The van der Waals surface area contributed by atoms with Gasteiger partial charge in [-0.05, 0) is 31.6 Å². The van der Waals surface area contributed by atoms with Crippen LogP contribution >= 0.6 is 0 Å². The Morgan fingerprint density at radius 3 is 2.55 bits per heavy atom. The number of fused-ring (bicyclic) bond motifs is 3. The van der Waals surface area contributed by atoms with E-state index in [0.29, 0.717) is 11.8 Å². The summed E-state index contributed by atoms with van der Waals surface area (Å²) in [6.45, 7) is 0. The summed E-state index contributed by atoms with van der Waals surface area (Å²) in [5.74, 6) is 1.09. The molecule has 0 spiro atoms. The summed E-state index contributed by atoms with van der Waals surface area (Å²) in [6.07, 6.45) is 4.12. The van der Waals surface area contributed by atoms with Crippen molar-refractivity contribution in [3.8, 4) is 6.07 Å². The third-order valence-electron chi connectivity index (χ3n) is 3.25. The lowest BCUT2D eigenvalue weighted by molar-refractivity contribution is -0.0199. The molecular formula is C9H13NO. The predicted molar refractivity (Wildman–Crippen MR) is 40.6 cm³/mol. The van der Waals surface area contributed by atoms with Gasteiger partial charge in [-0.15, -0.1) is 0 Å². The Morgan fingerprint density at radius 2 is 2.09 bits per heavy atom. The van der Waals surface area contributed by atoms with Gasteiger partial charge in [0.1, 0.15) is 0 Å². The molecule has 0 aromatic carbocycles. The average molecular weight is 151 g/mol. The van der Waals surface area contributed by atoms with Crippen LogP contribution in [0.4, 0.5) is 0 Å². The highest BCUT2D eigenvalue weighted by atomic mass is 16.3. The van der Waals surface area contributed by atoms with E-state index >= 15 is 0 Å². The van der Waals surface area contributed by atoms with Crippen LogP contribution in [0.1, 0.15) is 25.7 Å². The van der Waals surface area contributed by atoms with Gasteiger partial charge in [-0.25, -0.2) is 0 Å². The highest BCUT2D eigenvalue weighted by Crippen LogP contribution is 2.44. The van der Waals surface area contributed by atoms with Crippen LogP contribution in [0.15, 0.2) is 0 Å². The maximum absolute atomic E-state index is 9.55. The second-order valence-electron chi connectivity index (χ2n) is 3.88. The highest BCUT2D eigenvalue weighted by molar-refractivity contribution is 5.00. The van der Waals surface area contributed by atoms with E-state index < -0.39 is 0 Å². The van der Waals surface area contributed by atoms with Crippen LogP contribution in [0.3, 0.4) is 0 Å². The molecule has 0 aromatic rings. The van der Waals surface area contributed by atoms with Crippen LogP contribution in [-0.2, 0) is 0 Å². The maximum atomic E-state index is 9.55. The summed E-state index contributed by atoms with van der Waals surface area (Å²) >= 11 is 0. The minimum atomic E-state index is -0.174. The van der Waals surface area contributed by atoms with Crippen molar-refractivity contribution in [2.24, 2.45) is 17.8 Å². The lowest BCUT2D eigenvalue weighted by Gasteiger charge is -2.42. The van der Waals surface area contributed by atoms with Crippen LogP contribution in [0, 0.1) is 29.1 Å². The maximum Gasteiger partial charge on any atom is 0.0659 e. The molecule has 4 unspecified atom stereocenters. The van der Waals surface area contributed by atoms with E-state index in [-0.39, 0.29) is 12.0 Å². The molecule has 0 saturated heterocycles. The van der Waals surface area contributed by atoms with Crippen molar-refractivity contribution < 1.29 is 5.11 Å². The first-order valence-electron chi connectivity index (χ1n) is 4.39. The van der Waals surface area contributed by atoms with Gasteiger partial charge in [0.05, 0.1) is 18.1 Å². The van der Waals surface area contributed by atoms with Crippen molar-refractivity contribution in [1.29, 1.82) is 5.26 Å². The number of rotatable bonds is 0. The first kappa shape index (κ1) is 7.12. The zero-order valence-corrected chi connectivity index (χ0v) is 6.53. The van der Waals surface area contributed by atoms with E-state index in [1.807, 2.05) is 0 Å². The fourth-order valence-electron chi connectivity index (χ4n) is 2.62. The molecule has 2 nitrogen and oxygen atoms in total. The molecule has 0 radical (unpaired) electrons. The first-order valence-corrected chi connectivity index (χ1v) is 4.39. The molecule has 3 saturated carbocycles. The Balaban J connectivity index is 2.14. The molecule has 0 aromatic heterocycles. The molecule has 3 aliphatic carbocycles. The van der Waals surface area contributed by atoms with E-state index in [9.17, 15) is 5.11 Å². The first-order chi connectivity index (χ1) is 5.31. The van der Waals surface area contributed by atoms with Crippen LogP contribution < -0.4 is 0 Å². The van der Waals surface area contributed by atoms with Gasteiger partial charge >= 0.3 is 0 Å². The fraction of sp³-hybridized carbons (Fsp3) is 0.889. The summed E-state index contributed by atoms with van der Waals surface area (Å²) < 4.78 is 0. The van der Waals surface area contributed by atoms with Gasteiger partial charge in [0.15, 0.2) is 0 Å². The quantitative estimate of drug-likeness (QED) is 0.567. The lowest BCUT2D eigenvalue weighted by Crippen LogP contribution is -2.40. The minimum Gasteiger partial charge on any atom is -0.393 e. The van der Waals surface area contributed by atoms with E-state index in [1.54, 1.807) is 0 Å². The molecule has 4 atom stereocenters. The predicted octanol–water partition coefficient (Wildman–Crippen LogP) is 1.31. The van der Waals surface area contributed by atoms with Crippen molar-refractivity contribution in [2.75, 3.05) is 0 Å². The Bertz CT molecular complexity index is 196. The van der Waals surface area contributed by atoms with Gasteiger partial charge in [0, 0.05) is 5.92 Å². The summed E-state index contributed by atoms with van der Waals surface area (Å²) in [4.78, 5) is 0. The molecule has 11 heavy (non-hydrogen) atoms. The number of hydrogen-bond acceptors (Lipinski definition) is 2. The topological polar surface area (TPSA) is 44.0 Å². The van der Waals surface area contributed by atoms with E-state index in [4.69, 9.17) is 5.26 Å². The second kappa shape index (κ2) is 2.49. The largest absolute Gasteiger partial charge is 0.393 e. The van der Waals surface area contributed by atoms with Crippen LogP contribution in [-0.4, -0.2) is 11.2 Å². The van der Waals surface area contributed by atoms with E-state index in [0.717, 1.165) is 19.3 Å². The second-order valence-corrected chi connectivity index (χ2v) is 3.88. The Hall–Kier alpha value is -0.550. The molecule has 0 aliphatic heterocycles. The number of hydrogen-bond donors (Lipinski definition) is 1. The molecule has 1 N–H and O–H groups in total. The van der Waals surface area contributed by atoms with Crippen molar-refractivity contribution in [1.82, 2.24) is 0 Å². The van der Waals surface area contributed by atoms with Gasteiger partial charge in [0.25, 0.3) is 0 Å². The third-order valence-corrected chi connectivity index (χ3v) is 3.25. The van der Waals surface area contributed by atoms with Crippen molar-refractivity contribution in [3.63, 3.8) is 0 Å². The summed E-state index contributed by atoms with van der Waals surface area (Å²) in [5, 5.41) is 18.3. The Kier molecular flexibility index (Phi) is 1.61. The van der Waals surface area contributed by atoms with Gasteiger partial charge in [-0.2, -0.15) is 5.26 Å². The monoisotopic (exact) mass is 151 g/mol.